The molecule has 216 valence electrons. The second-order valence-corrected chi connectivity index (χ2v) is 7.03. The molecule has 36 heavy (non-hydrogen) atoms. The molecule has 18 heteroatoms. The predicted octanol–water partition coefficient (Wildman–Crippen LogP) is -10.1. The zero-order valence-corrected chi connectivity index (χ0v) is 18.8. The van der Waals surface area contributed by atoms with E-state index in [4.69, 9.17) is 76.6 Å². The molecule has 0 aromatic rings. The molecule has 0 aliphatic rings. The third kappa shape index (κ3) is 14.8. The summed E-state index contributed by atoms with van der Waals surface area (Å²) in [5.74, 6) is -1.00. The summed E-state index contributed by atoms with van der Waals surface area (Å²) >= 11 is 0. The van der Waals surface area contributed by atoms with Crippen LogP contribution in [0.15, 0.2) is 0 Å². The van der Waals surface area contributed by atoms with Gasteiger partial charge in [-0.2, -0.15) is 0 Å². The molecule has 0 saturated carbocycles. The number of ketones is 1. The maximum atomic E-state index is 10.5. The summed E-state index contributed by atoms with van der Waals surface area (Å²) in [4.78, 5) is 30.3. The number of aldehydes is 2. The zero-order valence-electron chi connectivity index (χ0n) is 18.8. The highest BCUT2D eigenvalue weighted by Gasteiger charge is 2.31. The van der Waals surface area contributed by atoms with Crippen LogP contribution in [0.4, 0.5) is 0 Å². The molecule has 0 spiro atoms. The second-order valence-electron chi connectivity index (χ2n) is 7.03. The van der Waals surface area contributed by atoms with E-state index in [1.807, 2.05) is 0 Å². The fourth-order valence-electron chi connectivity index (χ4n) is 1.84. The number of aliphatic hydroxyl groups excluding tert-OH is 15. The van der Waals surface area contributed by atoms with E-state index in [1.54, 1.807) is 0 Å². The first-order chi connectivity index (χ1) is 16.6. The third-order valence-corrected chi connectivity index (χ3v) is 4.23. The van der Waals surface area contributed by atoms with Crippen LogP contribution in [-0.4, -0.2) is 189 Å². The molecule has 0 radical (unpaired) electrons. The van der Waals surface area contributed by atoms with Crippen LogP contribution < -0.4 is 0 Å². The van der Waals surface area contributed by atoms with Crippen LogP contribution in [-0.2, 0) is 14.4 Å². The number of hydrogen-bond donors (Lipinski definition) is 15. The van der Waals surface area contributed by atoms with Gasteiger partial charge in [0.15, 0.2) is 18.4 Å². The Morgan fingerprint density at radius 1 is 0.500 bits per heavy atom. The maximum Gasteiger partial charge on any atom is 0.189 e. The highest BCUT2D eigenvalue weighted by molar-refractivity contribution is 5.84. The molecule has 11 atom stereocenters. The molecule has 18 nitrogen and oxygen atoms in total. The van der Waals surface area contributed by atoms with E-state index < -0.39 is 99.4 Å². The highest BCUT2D eigenvalue weighted by Crippen LogP contribution is 2.04. The Hall–Kier alpha value is -1.59. The molecule has 0 aromatic carbocycles. The summed E-state index contributed by atoms with van der Waals surface area (Å²) in [6.45, 7) is -3.21. The van der Waals surface area contributed by atoms with Gasteiger partial charge in [-0.15, -0.1) is 0 Å². The monoisotopic (exact) mass is 540 g/mol. The Kier molecular flexibility index (Phi) is 23.2. The van der Waals surface area contributed by atoms with Gasteiger partial charge in [-0.1, -0.05) is 0 Å². The lowest BCUT2D eigenvalue weighted by Crippen LogP contribution is -2.46. The number of aliphatic hydroxyl groups is 15. The molecule has 0 amide bonds. The van der Waals surface area contributed by atoms with Gasteiger partial charge in [-0.05, 0) is 0 Å². The summed E-state index contributed by atoms with van der Waals surface area (Å²) in [5.41, 5.74) is 0. The normalized spacial score (nSPS) is 20.2. The van der Waals surface area contributed by atoms with E-state index in [0.717, 1.165) is 0 Å². The summed E-state index contributed by atoms with van der Waals surface area (Å²) in [6.07, 6.45) is -18.9. The van der Waals surface area contributed by atoms with Crippen molar-refractivity contribution >= 4 is 18.4 Å². The van der Waals surface area contributed by atoms with Crippen molar-refractivity contribution in [2.24, 2.45) is 0 Å². The van der Waals surface area contributed by atoms with E-state index in [9.17, 15) is 14.4 Å². The fraction of sp³-hybridized carbons (Fsp3) is 0.833. The molecule has 0 aliphatic carbocycles. The van der Waals surface area contributed by atoms with E-state index in [-0.39, 0.29) is 12.6 Å². The Morgan fingerprint density at radius 2 is 0.778 bits per heavy atom. The van der Waals surface area contributed by atoms with Gasteiger partial charge in [-0.3, -0.25) is 4.79 Å². The first-order valence-electron chi connectivity index (χ1n) is 9.98. The molecule has 15 N–H and O–H groups in total. The van der Waals surface area contributed by atoms with Crippen LogP contribution in [0.1, 0.15) is 0 Å². The van der Waals surface area contributed by atoms with Crippen LogP contribution in [0.25, 0.3) is 0 Å². The quantitative estimate of drug-likeness (QED) is 0.0856. The number of carbonyl (C=O) groups excluding carboxylic acids is 3. The van der Waals surface area contributed by atoms with Crippen LogP contribution in [0.3, 0.4) is 0 Å². The van der Waals surface area contributed by atoms with E-state index in [0.29, 0.717) is 0 Å². The SMILES string of the molecule is O=C(CO)C(O)C(O)C(O)CO.O=CC(O)C(O)C(O)C(O)CO.O=CC(O)C(O)C(O)C(O)CO. The molecule has 0 aliphatic heterocycles. The van der Waals surface area contributed by atoms with Gasteiger partial charge in [0, 0.05) is 0 Å². The predicted molar refractivity (Wildman–Crippen MR) is 112 cm³/mol. The summed E-state index contributed by atoms with van der Waals surface area (Å²) in [7, 11) is 0. The topological polar surface area (TPSA) is 355 Å². The minimum absolute atomic E-state index is 0.0258. The molecule has 0 rings (SSSR count). The van der Waals surface area contributed by atoms with Crippen molar-refractivity contribution in [2.45, 2.75) is 67.1 Å². The van der Waals surface area contributed by atoms with Gasteiger partial charge >= 0.3 is 0 Å². The lowest BCUT2D eigenvalue weighted by Gasteiger charge is -2.22. The van der Waals surface area contributed by atoms with Crippen LogP contribution in [0, 0.1) is 0 Å². The highest BCUT2D eigenvalue weighted by atomic mass is 16.4. The van der Waals surface area contributed by atoms with Crippen LogP contribution >= 0.6 is 0 Å². The summed E-state index contributed by atoms with van der Waals surface area (Å²) < 4.78 is 0. The zero-order chi connectivity index (χ0) is 29.2. The van der Waals surface area contributed by atoms with Gasteiger partial charge in [0.2, 0.25) is 0 Å². The van der Waals surface area contributed by atoms with Crippen molar-refractivity contribution < 1.29 is 91.0 Å². The van der Waals surface area contributed by atoms with Crippen molar-refractivity contribution in [3.05, 3.63) is 0 Å². The summed E-state index contributed by atoms with van der Waals surface area (Å²) in [6, 6.07) is 0. The molecule has 0 bridgehead atoms. The number of hydrogen-bond acceptors (Lipinski definition) is 18. The number of Topliss-reactive ketones (excluding diaryl/α,β-unsaturated/α-hetero) is 1. The summed E-state index contributed by atoms with van der Waals surface area (Å²) in [5, 5.41) is 130. The fourth-order valence-corrected chi connectivity index (χ4v) is 1.84. The average Bonchev–Trinajstić information content (AvgIpc) is 2.92. The lowest BCUT2D eigenvalue weighted by molar-refractivity contribution is -0.142. The van der Waals surface area contributed by atoms with Crippen molar-refractivity contribution in [3.8, 4) is 0 Å². The first-order valence-corrected chi connectivity index (χ1v) is 9.98. The molecular weight excluding hydrogens is 504 g/mol. The van der Waals surface area contributed by atoms with Gasteiger partial charge in [0.25, 0.3) is 0 Å². The van der Waals surface area contributed by atoms with Gasteiger partial charge in [-0.25, -0.2) is 0 Å². The molecular formula is C18H36O18. The largest absolute Gasteiger partial charge is 0.394 e. The van der Waals surface area contributed by atoms with Gasteiger partial charge < -0.3 is 86.2 Å². The standard InChI is InChI=1S/3C6H12O6/c3*7-1-3(9)5(11)6(12)4(10)2-8/h3,5-9,11-12H,1-2H2;2*1,3-6,8-12H,2H2. The molecule has 0 aromatic heterocycles. The third-order valence-electron chi connectivity index (χ3n) is 4.23. The lowest BCUT2D eigenvalue weighted by atomic mass is 10.0. The Balaban J connectivity index is -0.000000454. The van der Waals surface area contributed by atoms with Crippen molar-refractivity contribution in [1.82, 2.24) is 0 Å². The Morgan fingerprint density at radius 3 is 1.00 bits per heavy atom. The van der Waals surface area contributed by atoms with E-state index in [1.165, 1.54) is 0 Å². The van der Waals surface area contributed by atoms with Gasteiger partial charge in [0.1, 0.15) is 73.8 Å². The van der Waals surface area contributed by atoms with Crippen molar-refractivity contribution in [3.63, 3.8) is 0 Å². The minimum Gasteiger partial charge on any atom is -0.394 e. The number of carbonyl (C=O) groups is 3. The first kappa shape index (κ1) is 38.9. The second kappa shape index (κ2) is 21.5. The van der Waals surface area contributed by atoms with Gasteiger partial charge in [0.05, 0.1) is 19.8 Å². The Labute approximate surface area is 203 Å². The van der Waals surface area contributed by atoms with Crippen molar-refractivity contribution in [2.75, 3.05) is 26.4 Å². The van der Waals surface area contributed by atoms with E-state index >= 15 is 0 Å². The number of rotatable bonds is 15. The molecule has 11 unspecified atom stereocenters. The Bertz CT molecular complexity index is 546. The smallest absolute Gasteiger partial charge is 0.189 e. The minimum atomic E-state index is -1.86. The van der Waals surface area contributed by atoms with E-state index in [2.05, 4.69) is 0 Å². The molecule has 0 saturated heterocycles. The van der Waals surface area contributed by atoms with Crippen molar-refractivity contribution in [1.29, 1.82) is 0 Å². The maximum absolute atomic E-state index is 10.5. The van der Waals surface area contributed by atoms with Crippen LogP contribution in [0.5, 0.6) is 0 Å². The average molecular weight is 540 g/mol. The molecule has 0 fully saturated rings. The van der Waals surface area contributed by atoms with Crippen LogP contribution in [0.2, 0.25) is 0 Å². The molecule has 0 heterocycles.